The molecule has 1 saturated heterocycles. The average molecular weight is 672 g/mol. The van der Waals surface area contributed by atoms with Gasteiger partial charge in [0.05, 0.1) is 41.6 Å². The number of carbonyl (C=O) groups excluding carboxylic acids is 2. The minimum Gasteiger partial charge on any atom is -0.494 e. The van der Waals surface area contributed by atoms with Crippen molar-refractivity contribution in [3.8, 4) is 5.75 Å². The molecule has 10 nitrogen and oxygen atoms in total. The fourth-order valence-corrected chi connectivity index (χ4v) is 5.92. The molecule has 4 rings (SSSR count). The molecule has 0 saturated carbocycles. The number of hydrogen-bond donors (Lipinski definition) is 3. The van der Waals surface area contributed by atoms with Crippen LogP contribution in [-0.2, 0) is 11.3 Å². The van der Waals surface area contributed by atoms with E-state index in [-0.39, 0.29) is 32.7 Å². The summed E-state index contributed by atoms with van der Waals surface area (Å²) < 4.78 is 10.9. The Morgan fingerprint density at radius 2 is 1.90 bits per heavy atom. The molecule has 224 valence electrons. The van der Waals surface area contributed by atoms with E-state index in [1.165, 1.54) is 36.8 Å². The molecule has 3 heterocycles. The lowest BCUT2D eigenvalue weighted by molar-refractivity contribution is 0.0357. The molecule has 1 fully saturated rings. The Bertz CT molecular complexity index is 1430. The zero-order valence-corrected chi connectivity index (χ0v) is 26.7. The van der Waals surface area contributed by atoms with Crippen LogP contribution in [0.3, 0.4) is 0 Å². The molecule has 0 radical (unpaired) electrons. The fourth-order valence-electron chi connectivity index (χ4n) is 4.20. The highest BCUT2D eigenvalue weighted by Gasteiger charge is 2.24. The summed E-state index contributed by atoms with van der Waals surface area (Å²) in [6.07, 6.45) is 1.40. The summed E-state index contributed by atoms with van der Waals surface area (Å²) >= 11 is 25.6. The molecule has 0 aliphatic carbocycles. The van der Waals surface area contributed by atoms with Gasteiger partial charge in [0, 0.05) is 62.6 Å². The zero-order valence-electron chi connectivity index (χ0n) is 22.8. The highest BCUT2D eigenvalue weighted by molar-refractivity contribution is 7.80. The van der Waals surface area contributed by atoms with Crippen LogP contribution in [0.15, 0.2) is 35.8 Å². The molecule has 42 heavy (non-hydrogen) atoms. The van der Waals surface area contributed by atoms with Crippen molar-refractivity contribution in [2.24, 2.45) is 0 Å². The Hall–Kier alpha value is -2.71. The van der Waals surface area contributed by atoms with Gasteiger partial charge in [-0.05, 0) is 35.8 Å². The number of anilines is 2. The lowest BCUT2D eigenvalue weighted by Crippen LogP contribution is -2.45. The van der Waals surface area contributed by atoms with E-state index in [2.05, 4.69) is 25.8 Å². The van der Waals surface area contributed by atoms with Gasteiger partial charge in [0.15, 0.2) is 5.11 Å². The van der Waals surface area contributed by atoms with Gasteiger partial charge < -0.3 is 30.3 Å². The number of pyridine rings is 1. The molecule has 1 aromatic carbocycles. The number of thiocarbonyl (C=S) groups is 1. The number of rotatable bonds is 10. The van der Waals surface area contributed by atoms with Crippen molar-refractivity contribution in [2.45, 2.75) is 6.54 Å². The van der Waals surface area contributed by atoms with E-state index in [4.69, 9.17) is 56.5 Å². The predicted molar refractivity (Wildman–Crippen MR) is 172 cm³/mol. The first kappa shape index (κ1) is 32.2. The maximum Gasteiger partial charge on any atom is 0.267 e. The maximum absolute atomic E-state index is 13.5. The van der Waals surface area contributed by atoms with Crippen LogP contribution in [0.2, 0.25) is 15.1 Å². The number of morpholine rings is 1. The average Bonchev–Trinajstić information content (AvgIpc) is 3.36. The van der Waals surface area contributed by atoms with E-state index >= 15 is 0 Å². The largest absolute Gasteiger partial charge is 0.494 e. The molecular formula is C27H29Cl3N6O4S2. The van der Waals surface area contributed by atoms with Crippen molar-refractivity contribution in [1.82, 2.24) is 20.1 Å². The van der Waals surface area contributed by atoms with Crippen molar-refractivity contribution in [3.05, 3.63) is 66.9 Å². The molecule has 0 unspecified atom stereocenters. The minimum absolute atomic E-state index is 0.0750. The van der Waals surface area contributed by atoms with Crippen molar-refractivity contribution in [3.63, 3.8) is 0 Å². The highest BCUT2D eigenvalue weighted by atomic mass is 35.5. The third kappa shape index (κ3) is 8.22. The van der Waals surface area contributed by atoms with Crippen LogP contribution in [0.4, 0.5) is 11.5 Å². The molecular weight excluding hydrogens is 643 g/mol. The molecule has 2 amide bonds. The molecule has 15 heteroatoms. The summed E-state index contributed by atoms with van der Waals surface area (Å²) in [6, 6.07) is 6.07. The van der Waals surface area contributed by atoms with Gasteiger partial charge in [-0.15, -0.1) is 11.3 Å². The van der Waals surface area contributed by atoms with Crippen molar-refractivity contribution >= 4 is 86.8 Å². The predicted octanol–water partition coefficient (Wildman–Crippen LogP) is 5.26. The number of benzene rings is 1. The third-order valence-corrected chi connectivity index (χ3v) is 8.87. The Morgan fingerprint density at radius 1 is 1.14 bits per heavy atom. The monoisotopic (exact) mass is 670 g/mol. The molecule has 1 aliphatic rings. The number of carbonyl (C=O) groups is 2. The van der Waals surface area contributed by atoms with Crippen LogP contribution in [0.5, 0.6) is 5.75 Å². The highest BCUT2D eigenvalue weighted by Crippen LogP contribution is 2.35. The number of methoxy groups -OCH3 is 1. The van der Waals surface area contributed by atoms with E-state index in [0.29, 0.717) is 41.5 Å². The second-order valence-corrected chi connectivity index (χ2v) is 11.7. The first-order chi connectivity index (χ1) is 20.2. The van der Waals surface area contributed by atoms with Gasteiger partial charge in [-0.2, -0.15) is 0 Å². The molecule has 0 atom stereocenters. The van der Waals surface area contributed by atoms with Gasteiger partial charge in [-0.1, -0.05) is 34.8 Å². The molecule has 3 aromatic rings. The van der Waals surface area contributed by atoms with Crippen LogP contribution in [0.25, 0.3) is 0 Å². The molecule has 0 spiro atoms. The van der Waals surface area contributed by atoms with Crippen molar-refractivity contribution in [1.29, 1.82) is 0 Å². The van der Waals surface area contributed by atoms with E-state index in [0.717, 1.165) is 25.2 Å². The van der Waals surface area contributed by atoms with Gasteiger partial charge in [-0.3, -0.25) is 14.5 Å². The van der Waals surface area contributed by atoms with E-state index in [1.807, 2.05) is 10.3 Å². The van der Waals surface area contributed by atoms with Crippen LogP contribution in [0.1, 0.15) is 25.6 Å². The Balaban J connectivity index is 1.52. The number of nitrogens with zero attached hydrogens (tertiary/aromatic N) is 3. The first-order valence-corrected chi connectivity index (χ1v) is 15.3. The van der Waals surface area contributed by atoms with Crippen LogP contribution in [0, 0.1) is 0 Å². The minimum atomic E-state index is -0.560. The van der Waals surface area contributed by atoms with E-state index in [9.17, 15) is 9.59 Å². The fraction of sp³-hybridized carbons (Fsp3) is 0.333. The number of thiophene rings is 1. The number of aromatic nitrogens is 1. The van der Waals surface area contributed by atoms with Crippen molar-refractivity contribution < 1.29 is 19.1 Å². The lowest BCUT2D eigenvalue weighted by atomic mass is 10.1. The summed E-state index contributed by atoms with van der Waals surface area (Å²) in [5.41, 5.74) is 0.958. The Labute approximate surface area is 268 Å². The number of halogens is 3. The number of hydrogen-bond acceptors (Lipinski definition) is 8. The van der Waals surface area contributed by atoms with Crippen LogP contribution < -0.4 is 20.7 Å². The zero-order chi connectivity index (χ0) is 30.2. The smallest absolute Gasteiger partial charge is 0.267 e. The summed E-state index contributed by atoms with van der Waals surface area (Å²) in [7, 11) is 3.19. The third-order valence-electron chi connectivity index (χ3n) is 6.40. The van der Waals surface area contributed by atoms with E-state index in [1.54, 1.807) is 19.2 Å². The van der Waals surface area contributed by atoms with E-state index < -0.39 is 11.8 Å². The second kappa shape index (κ2) is 15.1. The number of amides is 2. The molecule has 3 N–H and O–H groups in total. The van der Waals surface area contributed by atoms with Crippen LogP contribution in [-0.4, -0.2) is 85.3 Å². The summed E-state index contributed by atoms with van der Waals surface area (Å²) in [6.45, 7) is 5.07. The lowest BCUT2D eigenvalue weighted by Gasteiger charge is -2.31. The van der Waals surface area contributed by atoms with Crippen LogP contribution >= 0.6 is 58.4 Å². The molecule has 0 bridgehead atoms. The Morgan fingerprint density at radius 3 is 2.57 bits per heavy atom. The van der Waals surface area contributed by atoms with Gasteiger partial charge in [0.25, 0.3) is 11.8 Å². The molecule has 2 aromatic heterocycles. The topological polar surface area (TPSA) is 108 Å². The Kier molecular flexibility index (Phi) is 11.6. The number of nitrogens with one attached hydrogen (secondary N) is 3. The first-order valence-electron chi connectivity index (χ1n) is 12.8. The van der Waals surface area contributed by atoms with Gasteiger partial charge >= 0.3 is 0 Å². The summed E-state index contributed by atoms with van der Waals surface area (Å²) in [5.74, 6) is -0.599. The summed E-state index contributed by atoms with van der Waals surface area (Å²) in [5, 5.41) is 11.9. The quantitative estimate of drug-likeness (QED) is 0.249. The summed E-state index contributed by atoms with van der Waals surface area (Å²) in [4.78, 5) is 35.4. The maximum atomic E-state index is 13.5. The molecule has 1 aliphatic heterocycles. The van der Waals surface area contributed by atoms with Gasteiger partial charge in [0.2, 0.25) is 0 Å². The van der Waals surface area contributed by atoms with Gasteiger partial charge in [-0.25, -0.2) is 4.98 Å². The normalized spacial score (nSPS) is 13.4. The van der Waals surface area contributed by atoms with Gasteiger partial charge in [0.1, 0.15) is 16.4 Å². The number of ether oxygens (including phenoxy) is 2. The SMILES string of the molecule is CNC(=S)N(CCN1CCOCC1)Cc1csc(C(=O)Nc2c(OC)cc(Cl)cc2C(=O)Nc2ccc(Cl)cn2)c1Cl. The standard InChI is InChI=1S/C27H29Cl3N6O4S2/c1-31-27(41)36(6-5-35-7-9-40-10-8-35)14-16-15-42-24(22(16)30)26(38)34-23-19(11-18(29)12-20(23)39-2)25(37)33-21-4-3-17(28)13-32-21/h3-4,11-13,15H,5-10,14H2,1-2H3,(H,31,41)(H,34,38)(H,32,33,37). The van der Waals surface area contributed by atoms with Crippen molar-refractivity contribution in [2.75, 3.05) is 64.2 Å². The second-order valence-electron chi connectivity index (χ2n) is 9.14.